The molecule has 0 aliphatic carbocycles. The zero-order valence-corrected chi connectivity index (χ0v) is 43.8. The van der Waals surface area contributed by atoms with Crippen LogP contribution in [-0.4, -0.2) is 100 Å². The molecule has 1 fully saturated rings. The average molecular weight is 974 g/mol. The summed E-state index contributed by atoms with van der Waals surface area (Å²) < 4.78 is 16.6. The molecule has 7 atom stereocenters. The minimum absolute atomic E-state index is 0.0487. The highest BCUT2D eigenvalue weighted by atomic mass is 16.7. The van der Waals surface area contributed by atoms with Crippen LogP contribution in [0, 0.1) is 0 Å². The Labute approximate surface area is 420 Å². The lowest BCUT2D eigenvalue weighted by atomic mass is 9.99. The van der Waals surface area contributed by atoms with E-state index in [1.807, 2.05) is 6.08 Å². The Kier molecular flexibility index (Phi) is 44.5. The molecule has 0 bridgehead atoms. The molecule has 6 N–H and O–H groups in total. The molecule has 0 aromatic carbocycles. The molecule has 69 heavy (non-hydrogen) atoms. The third-order valence-electron chi connectivity index (χ3n) is 12.8. The molecule has 0 radical (unpaired) electrons. The highest BCUT2D eigenvalue weighted by molar-refractivity contribution is 5.76. The lowest BCUT2D eigenvalue weighted by molar-refractivity contribution is -0.302. The van der Waals surface area contributed by atoms with Crippen molar-refractivity contribution in [3.05, 3.63) is 60.8 Å². The van der Waals surface area contributed by atoms with Gasteiger partial charge in [-0.2, -0.15) is 0 Å². The first-order valence-corrected chi connectivity index (χ1v) is 28.1. The first-order valence-electron chi connectivity index (χ1n) is 28.1. The van der Waals surface area contributed by atoms with Gasteiger partial charge in [0.2, 0.25) is 5.91 Å². The van der Waals surface area contributed by atoms with Crippen molar-refractivity contribution in [2.75, 3.05) is 19.8 Å². The molecule has 400 valence electrons. The van der Waals surface area contributed by atoms with Gasteiger partial charge < -0.3 is 45.1 Å². The molecule has 0 saturated carbocycles. The fourth-order valence-corrected chi connectivity index (χ4v) is 8.32. The Bertz CT molecular complexity index is 1330. The first kappa shape index (κ1) is 64.4. The van der Waals surface area contributed by atoms with Crippen molar-refractivity contribution < 1.29 is 49.3 Å². The van der Waals surface area contributed by atoms with Gasteiger partial charge in [-0.25, -0.2) is 0 Å². The summed E-state index contributed by atoms with van der Waals surface area (Å²) in [6, 6.07) is -0.823. The summed E-state index contributed by atoms with van der Waals surface area (Å²) >= 11 is 0. The third-order valence-corrected chi connectivity index (χ3v) is 12.8. The van der Waals surface area contributed by atoms with Gasteiger partial charge in [-0.1, -0.05) is 184 Å². The maximum Gasteiger partial charge on any atom is 0.305 e. The van der Waals surface area contributed by atoms with Crippen LogP contribution < -0.4 is 5.32 Å². The fourth-order valence-electron chi connectivity index (χ4n) is 8.32. The Morgan fingerprint density at radius 2 is 1.00 bits per heavy atom. The number of hydrogen-bond donors (Lipinski definition) is 6. The SMILES string of the molecule is CCC/C=C\C/C=C\CCCCCCCC(=O)OCCCCC/C=C\C/C=C\CCCCCCCCCC(=O)NC(COC1OC(CO)C(O)C(O)C1O)C(O)/C=C/CCCCCCCCCCC. The molecule has 1 amide bonds. The van der Waals surface area contributed by atoms with Crippen LogP contribution >= 0.6 is 0 Å². The molecule has 1 rings (SSSR count). The molecule has 0 aromatic rings. The van der Waals surface area contributed by atoms with Gasteiger partial charge in [-0.05, 0) is 96.3 Å². The second kappa shape index (κ2) is 47.7. The van der Waals surface area contributed by atoms with E-state index in [-0.39, 0.29) is 18.5 Å². The molecule has 1 aliphatic rings. The van der Waals surface area contributed by atoms with Crippen LogP contribution in [-0.2, 0) is 23.8 Å². The molecule has 0 aromatic heterocycles. The Morgan fingerprint density at radius 3 is 1.52 bits per heavy atom. The lowest BCUT2D eigenvalue weighted by Gasteiger charge is -2.40. The number of aliphatic hydroxyl groups excluding tert-OH is 5. The number of allylic oxidation sites excluding steroid dienone is 9. The smallest absolute Gasteiger partial charge is 0.305 e. The largest absolute Gasteiger partial charge is 0.466 e. The maximum atomic E-state index is 13.0. The van der Waals surface area contributed by atoms with Gasteiger partial charge in [-0.15, -0.1) is 0 Å². The van der Waals surface area contributed by atoms with E-state index in [9.17, 15) is 35.1 Å². The number of rotatable bonds is 47. The van der Waals surface area contributed by atoms with Crippen molar-refractivity contribution in [1.82, 2.24) is 5.32 Å². The number of unbranched alkanes of at least 4 members (excludes halogenated alkanes) is 25. The van der Waals surface area contributed by atoms with E-state index in [1.165, 1.54) is 96.3 Å². The van der Waals surface area contributed by atoms with Gasteiger partial charge in [0, 0.05) is 12.8 Å². The van der Waals surface area contributed by atoms with Crippen LogP contribution in [0.5, 0.6) is 0 Å². The second-order valence-electron chi connectivity index (χ2n) is 19.3. The average Bonchev–Trinajstić information content (AvgIpc) is 3.34. The molecule has 7 unspecified atom stereocenters. The van der Waals surface area contributed by atoms with E-state index in [0.717, 1.165) is 109 Å². The molecule has 11 nitrogen and oxygen atoms in total. The number of ether oxygens (including phenoxy) is 3. The van der Waals surface area contributed by atoms with Gasteiger partial charge in [0.05, 0.1) is 32.0 Å². The first-order chi connectivity index (χ1) is 33.7. The standard InChI is InChI=1S/C58H103NO10/c1-3-5-7-9-11-13-15-21-26-30-34-38-42-46-54(63)67-47-43-39-35-31-27-23-20-18-16-17-19-22-25-29-33-37-41-45-53(62)59-50(49-68-58-57(66)56(65)55(64)52(48-60)69-58)51(61)44-40-36-32-28-24-14-12-10-8-6-4-2/h7,9,13,15-16,18,23,27,40,44,50-52,55-58,60-61,64-66H,3-6,8,10-12,14,17,19-22,24-26,28-39,41-43,45-49H2,1-2H3,(H,59,62)/b9-7-,15-13-,18-16-,27-23-,44-40+. The normalized spacial score (nSPS) is 19.8. The number of aliphatic hydroxyl groups is 5. The Morgan fingerprint density at radius 1 is 0.536 bits per heavy atom. The fraction of sp³-hybridized carbons (Fsp3) is 0.793. The zero-order chi connectivity index (χ0) is 50.3. The maximum absolute atomic E-state index is 13.0. The van der Waals surface area contributed by atoms with Gasteiger partial charge >= 0.3 is 5.97 Å². The predicted molar refractivity (Wildman–Crippen MR) is 283 cm³/mol. The summed E-state index contributed by atoms with van der Waals surface area (Å²) in [6.45, 7) is 4.19. The van der Waals surface area contributed by atoms with Crippen LogP contribution in [0.1, 0.15) is 232 Å². The summed E-state index contributed by atoms with van der Waals surface area (Å²) in [5.74, 6) is -0.250. The monoisotopic (exact) mass is 974 g/mol. The summed E-state index contributed by atoms with van der Waals surface area (Å²) in [6.07, 6.45) is 50.2. The van der Waals surface area contributed by atoms with Crippen LogP contribution in [0.3, 0.4) is 0 Å². The van der Waals surface area contributed by atoms with Crippen molar-refractivity contribution in [2.24, 2.45) is 0 Å². The molecule has 11 heteroatoms. The highest BCUT2D eigenvalue weighted by Crippen LogP contribution is 2.23. The zero-order valence-electron chi connectivity index (χ0n) is 43.8. The van der Waals surface area contributed by atoms with Crippen LogP contribution in [0.15, 0.2) is 60.8 Å². The van der Waals surface area contributed by atoms with Crippen molar-refractivity contribution in [1.29, 1.82) is 0 Å². The number of amides is 1. The number of carbonyl (C=O) groups excluding carboxylic acids is 2. The summed E-state index contributed by atoms with van der Waals surface area (Å²) in [5.41, 5.74) is 0. The van der Waals surface area contributed by atoms with E-state index in [1.54, 1.807) is 6.08 Å². The van der Waals surface area contributed by atoms with E-state index in [2.05, 4.69) is 67.8 Å². The minimum Gasteiger partial charge on any atom is -0.466 e. The Balaban J connectivity index is 2.14. The van der Waals surface area contributed by atoms with Crippen molar-refractivity contribution >= 4 is 11.9 Å². The van der Waals surface area contributed by atoms with Crippen LogP contribution in [0.2, 0.25) is 0 Å². The highest BCUT2D eigenvalue weighted by Gasteiger charge is 2.44. The number of hydrogen-bond acceptors (Lipinski definition) is 10. The van der Waals surface area contributed by atoms with Crippen LogP contribution in [0.4, 0.5) is 0 Å². The lowest BCUT2D eigenvalue weighted by Crippen LogP contribution is -2.60. The number of carbonyl (C=O) groups is 2. The summed E-state index contributed by atoms with van der Waals surface area (Å²) in [7, 11) is 0. The van der Waals surface area contributed by atoms with Gasteiger partial charge in [0.15, 0.2) is 6.29 Å². The van der Waals surface area contributed by atoms with E-state index < -0.39 is 49.5 Å². The topological polar surface area (TPSA) is 175 Å². The third kappa shape index (κ3) is 37.8. The van der Waals surface area contributed by atoms with E-state index in [4.69, 9.17) is 14.2 Å². The predicted octanol–water partition coefficient (Wildman–Crippen LogP) is 12.3. The molecular weight excluding hydrogens is 871 g/mol. The van der Waals surface area contributed by atoms with Crippen molar-refractivity contribution in [2.45, 2.75) is 275 Å². The Hall–Kier alpha value is -2.64. The molecular formula is C58H103NO10. The molecule has 1 saturated heterocycles. The van der Waals surface area contributed by atoms with Crippen molar-refractivity contribution in [3.63, 3.8) is 0 Å². The number of esters is 1. The minimum atomic E-state index is -1.58. The van der Waals surface area contributed by atoms with Crippen molar-refractivity contribution in [3.8, 4) is 0 Å². The molecule has 0 spiro atoms. The molecule has 1 aliphatic heterocycles. The van der Waals surface area contributed by atoms with Crippen LogP contribution in [0.25, 0.3) is 0 Å². The summed E-state index contributed by atoms with van der Waals surface area (Å²) in [4.78, 5) is 25.0. The molecule has 1 heterocycles. The summed E-state index contributed by atoms with van der Waals surface area (Å²) in [5, 5.41) is 54.2. The van der Waals surface area contributed by atoms with Gasteiger partial charge in [0.1, 0.15) is 24.4 Å². The van der Waals surface area contributed by atoms with E-state index in [0.29, 0.717) is 19.4 Å². The van der Waals surface area contributed by atoms with Gasteiger partial charge in [0.25, 0.3) is 0 Å². The second-order valence-corrected chi connectivity index (χ2v) is 19.3. The van der Waals surface area contributed by atoms with E-state index >= 15 is 0 Å². The number of nitrogens with one attached hydrogen (secondary N) is 1. The van der Waals surface area contributed by atoms with Gasteiger partial charge in [-0.3, -0.25) is 9.59 Å². The quantitative estimate of drug-likeness (QED) is 0.0196.